The minimum Gasteiger partial charge on any atom is -0.337 e. The highest BCUT2D eigenvalue weighted by molar-refractivity contribution is 7.89. The first-order valence-corrected chi connectivity index (χ1v) is 14.9. The molecule has 0 aliphatic rings. The van der Waals surface area contributed by atoms with E-state index in [9.17, 15) is 13.2 Å². The van der Waals surface area contributed by atoms with Gasteiger partial charge in [0.25, 0.3) is 0 Å². The van der Waals surface area contributed by atoms with Gasteiger partial charge in [0.1, 0.15) is 6.04 Å². The Bertz CT molecular complexity index is 1660. The second kappa shape index (κ2) is 12.7. The molecule has 0 heterocycles. The van der Waals surface area contributed by atoms with E-state index in [1.54, 1.807) is 23.1 Å². The fourth-order valence-electron chi connectivity index (χ4n) is 4.82. The molecule has 1 atom stereocenters. The third-order valence-electron chi connectivity index (χ3n) is 6.95. The van der Waals surface area contributed by atoms with Crippen LogP contribution >= 0.6 is 0 Å². The molecule has 202 valence electrons. The number of fused-ring (bicyclic) bond motifs is 1. The maximum absolute atomic E-state index is 14.2. The third kappa shape index (κ3) is 7.03. The van der Waals surface area contributed by atoms with Crippen LogP contribution in [-0.2, 0) is 34.2 Å². The molecule has 0 radical (unpaired) electrons. The Morgan fingerprint density at radius 1 is 0.650 bits per heavy atom. The first kappa shape index (κ1) is 27.3. The van der Waals surface area contributed by atoms with Gasteiger partial charge < -0.3 is 4.90 Å². The van der Waals surface area contributed by atoms with Crippen molar-refractivity contribution in [2.75, 3.05) is 6.54 Å². The lowest BCUT2D eigenvalue weighted by atomic mass is 10.0. The largest absolute Gasteiger partial charge is 0.337 e. The van der Waals surface area contributed by atoms with Crippen LogP contribution in [0.3, 0.4) is 0 Å². The number of amides is 1. The van der Waals surface area contributed by atoms with Gasteiger partial charge in [0.2, 0.25) is 15.9 Å². The Kier molecular flexibility index (Phi) is 8.69. The van der Waals surface area contributed by atoms with Crippen molar-refractivity contribution in [1.29, 1.82) is 0 Å². The van der Waals surface area contributed by atoms with Crippen LogP contribution in [0.1, 0.15) is 16.7 Å². The maximum atomic E-state index is 14.2. The van der Waals surface area contributed by atoms with Gasteiger partial charge in [-0.2, -0.15) is 4.72 Å². The highest BCUT2D eigenvalue weighted by Crippen LogP contribution is 2.20. The van der Waals surface area contributed by atoms with Crippen molar-refractivity contribution in [3.8, 4) is 0 Å². The van der Waals surface area contributed by atoms with E-state index in [1.165, 1.54) is 0 Å². The Morgan fingerprint density at radius 3 is 1.85 bits per heavy atom. The number of nitrogens with zero attached hydrogens (tertiary/aromatic N) is 1. The molecule has 0 aliphatic heterocycles. The number of carbonyl (C=O) groups is 1. The average Bonchev–Trinajstić information content (AvgIpc) is 3.00. The molecule has 5 nitrogen and oxygen atoms in total. The van der Waals surface area contributed by atoms with Crippen LogP contribution in [0.25, 0.3) is 10.8 Å². The third-order valence-corrected chi connectivity index (χ3v) is 8.42. The molecule has 0 saturated carbocycles. The van der Waals surface area contributed by atoms with Gasteiger partial charge in [-0.1, -0.05) is 121 Å². The summed E-state index contributed by atoms with van der Waals surface area (Å²) in [4.78, 5) is 16.1. The second-order valence-corrected chi connectivity index (χ2v) is 11.6. The summed E-state index contributed by atoms with van der Waals surface area (Å²) in [7, 11) is -3.99. The molecular formula is C34H32N2O3S. The highest BCUT2D eigenvalue weighted by atomic mass is 32.2. The van der Waals surface area contributed by atoms with Crippen LogP contribution in [0.4, 0.5) is 0 Å². The lowest BCUT2D eigenvalue weighted by Gasteiger charge is -2.28. The van der Waals surface area contributed by atoms with Crippen LogP contribution in [0.5, 0.6) is 0 Å². The van der Waals surface area contributed by atoms with Crippen LogP contribution < -0.4 is 4.72 Å². The van der Waals surface area contributed by atoms with Crippen molar-refractivity contribution in [3.63, 3.8) is 0 Å². The Hall–Kier alpha value is -4.26. The van der Waals surface area contributed by atoms with Gasteiger partial charge in [0.15, 0.2) is 0 Å². The molecule has 0 aliphatic carbocycles. The molecule has 0 saturated heterocycles. The molecule has 6 heteroatoms. The molecule has 0 aromatic heterocycles. The van der Waals surface area contributed by atoms with Gasteiger partial charge in [-0.15, -0.1) is 0 Å². The van der Waals surface area contributed by atoms with E-state index in [4.69, 9.17) is 0 Å². The fraction of sp³-hybridized carbons (Fsp3) is 0.147. The zero-order chi connectivity index (χ0) is 27.8. The summed E-state index contributed by atoms with van der Waals surface area (Å²) < 4.78 is 30.1. The van der Waals surface area contributed by atoms with E-state index < -0.39 is 16.1 Å². The summed E-state index contributed by atoms with van der Waals surface area (Å²) in [6.07, 6.45) is 0.901. The first-order chi connectivity index (χ1) is 19.5. The van der Waals surface area contributed by atoms with E-state index >= 15 is 0 Å². The Balaban J connectivity index is 1.45. The van der Waals surface area contributed by atoms with Gasteiger partial charge in [0.05, 0.1) is 4.90 Å². The normalized spacial score (nSPS) is 12.2. The summed E-state index contributed by atoms with van der Waals surface area (Å²) in [5.41, 5.74) is 2.98. The summed E-state index contributed by atoms with van der Waals surface area (Å²) in [6, 6.07) is 41.0. The molecule has 0 bridgehead atoms. The van der Waals surface area contributed by atoms with E-state index in [0.29, 0.717) is 19.5 Å². The molecule has 0 fully saturated rings. The summed E-state index contributed by atoms with van der Waals surface area (Å²) in [5, 5.41) is 1.78. The van der Waals surface area contributed by atoms with E-state index in [-0.39, 0.29) is 17.2 Å². The molecule has 0 spiro atoms. The monoisotopic (exact) mass is 548 g/mol. The standard InChI is InChI=1S/C34H32N2O3S/c37-34(36(26-29-16-8-3-9-17-29)23-22-27-12-4-1-5-13-27)33(24-28-14-6-2-7-15-28)35-40(38,39)32-21-20-30-18-10-11-19-31(30)25-32/h1-21,25,33,35H,22-24,26H2. The Labute approximate surface area is 236 Å². The summed E-state index contributed by atoms with van der Waals surface area (Å²) >= 11 is 0. The molecule has 5 aromatic carbocycles. The molecule has 5 aromatic rings. The molecular weight excluding hydrogens is 516 g/mol. The molecule has 1 N–H and O–H groups in total. The first-order valence-electron chi connectivity index (χ1n) is 13.4. The van der Waals surface area contributed by atoms with Gasteiger partial charge >= 0.3 is 0 Å². The Morgan fingerprint density at radius 2 is 1.20 bits per heavy atom. The van der Waals surface area contributed by atoms with Crippen LogP contribution in [-0.4, -0.2) is 31.8 Å². The van der Waals surface area contributed by atoms with Gasteiger partial charge in [-0.05, 0) is 52.4 Å². The number of sulfonamides is 1. The zero-order valence-electron chi connectivity index (χ0n) is 22.2. The lowest BCUT2D eigenvalue weighted by molar-refractivity contribution is -0.133. The molecule has 1 unspecified atom stereocenters. The SMILES string of the molecule is O=C(C(Cc1ccccc1)NS(=O)(=O)c1ccc2ccccc2c1)N(CCc1ccccc1)Cc1ccccc1. The minimum absolute atomic E-state index is 0.135. The van der Waals surface area contributed by atoms with Crippen LogP contribution in [0.15, 0.2) is 138 Å². The number of hydrogen-bond donors (Lipinski definition) is 1. The van der Waals surface area contributed by atoms with Crippen molar-refractivity contribution in [3.05, 3.63) is 150 Å². The number of nitrogens with one attached hydrogen (secondary N) is 1. The van der Waals surface area contributed by atoms with Crippen molar-refractivity contribution >= 4 is 26.7 Å². The van der Waals surface area contributed by atoms with Crippen LogP contribution in [0.2, 0.25) is 0 Å². The van der Waals surface area contributed by atoms with Crippen molar-refractivity contribution in [2.24, 2.45) is 0 Å². The highest BCUT2D eigenvalue weighted by Gasteiger charge is 2.30. The number of rotatable bonds is 11. The minimum atomic E-state index is -3.99. The zero-order valence-corrected chi connectivity index (χ0v) is 23.0. The quantitative estimate of drug-likeness (QED) is 0.220. The predicted octanol–water partition coefficient (Wildman–Crippen LogP) is 6.00. The number of hydrogen-bond acceptors (Lipinski definition) is 3. The summed E-state index contributed by atoms with van der Waals surface area (Å²) in [6.45, 7) is 0.843. The maximum Gasteiger partial charge on any atom is 0.241 e. The molecule has 5 rings (SSSR count). The van der Waals surface area contributed by atoms with Gasteiger partial charge in [-0.25, -0.2) is 8.42 Å². The van der Waals surface area contributed by atoms with Crippen molar-refractivity contribution in [2.45, 2.75) is 30.3 Å². The van der Waals surface area contributed by atoms with Crippen molar-refractivity contribution < 1.29 is 13.2 Å². The second-order valence-electron chi connectivity index (χ2n) is 9.85. The van der Waals surface area contributed by atoms with E-state index in [1.807, 2.05) is 115 Å². The summed E-state index contributed by atoms with van der Waals surface area (Å²) in [5.74, 6) is -0.256. The van der Waals surface area contributed by atoms with Crippen LogP contribution in [0, 0.1) is 0 Å². The fourth-order valence-corrected chi connectivity index (χ4v) is 6.04. The molecule has 40 heavy (non-hydrogen) atoms. The predicted molar refractivity (Wildman–Crippen MR) is 160 cm³/mol. The van der Waals surface area contributed by atoms with Crippen molar-refractivity contribution in [1.82, 2.24) is 9.62 Å². The van der Waals surface area contributed by atoms with Gasteiger partial charge in [0, 0.05) is 13.1 Å². The smallest absolute Gasteiger partial charge is 0.241 e. The number of carbonyl (C=O) groups excluding carboxylic acids is 1. The molecule has 1 amide bonds. The number of benzene rings is 5. The topological polar surface area (TPSA) is 66.5 Å². The lowest BCUT2D eigenvalue weighted by Crippen LogP contribution is -2.50. The van der Waals surface area contributed by atoms with Gasteiger partial charge in [-0.3, -0.25) is 4.79 Å². The van der Waals surface area contributed by atoms with E-state index in [0.717, 1.165) is 27.5 Å². The average molecular weight is 549 g/mol. The van der Waals surface area contributed by atoms with E-state index in [2.05, 4.69) is 4.72 Å².